The second-order valence-corrected chi connectivity index (χ2v) is 5.77. The van der Waals surface area contributed by atoms with Crippen molar-refractivity contribution in [2.24, 2.45) is 7.05 Å². The van der Waals surface area contributed by atoms with E-state index >= 15 is 0 Å². The predicted molar refractivity (Wildman–Crippen MR) is 72.8 cm³/mol. The van der Waals surface area contributed by atoms with Gasteiger partial charge in [-0.3, -0.25) is 9.59 Å². The molecule has 0 atom stereocenters. The van der Waals surface area contributed by atoms with Crippen LogP contribution >= 0.6 is 0 Å². The standard InChI is InChI=1S/C14H20N4O2/c1-17-9-7-15-11(17)4-8-18-10-12(19)16-14(13(18)20)5-2-3-6-14/h7,9H,2-6,8,10H2,1H3,(H,16,19). The number of amides is 2. The number of rotatable bonds is 3. The molecule has 0 aromatic carbocycles. The van der Waals surface area contributed by atoms with Gasteiger partial charge in [-0.05, 0) is 12.8 Å². The van der Waals surface area contributed by atoms with Crippen LogP contribution in [0.2, 0.25) is 0 Å². The Hall–Kier alpha value is -1.85. The largest absolute Gasteiger partial charge is 0.340 e. The van der Waals surface area contributed by atoms with E-state index in [1.165, 1.54) is 0 Å². The lowest BCUT2D eigenvalue weighted by Crippen LogP contribution is -2.65. The molecule has 1 saturated carbocycles. The van der Waals surface area contributed by atoms with Gasteiger partial charge in [-0.25, -0.2) is 4.98 Å². The van der Waals surface area contributed by atoms with Crippen molar-refractivity contribution >= 4 is 11.8 Å². The molecule has 0 radical (unpaired) electrons. The molecule has 1 saturated heterocycles. The Kier molecular flexibility index (Phi) is 3.23. The van der Waals surface area contributed by atoms with Crippen molar-refractivity contribution < 1.29 is 9.59 Å². The molecule has 2 fully saturated rings. The van der Waals surface area contributed by atoms with E-state index in [0.717, 1.165) is 31.5 Å². The number of hydrogen-bond acceptors (Lipinski definition) is 3. The first-order chi connectivity index (χ1) is 9.61. The highest BCUT2D eigenvalue weighted by atomic mass is 16.2. The lowest BCUT2D eigenvalue weighted by atomic mass is 9.93. The average Bonchev–Trinajstić information content (AvgIpc) is 3.03. The van der Waals surface area contributed by atoms with E-state index in [2.05, 4.69) is 10.3 Å². The second kappa shape index (κ2) is 4.92. The highest BCUT2D eigenvalue weighted by molar-refractivity contribution is 5.98. The molecule has 1 aliphatic heterocycles. The van der Waals surface area contributed by atoms with Gasteiger partial charge in [0.2, 0.25) is 11.8 Å². The number of nitrogens with zero attached hydrogens (tertiary/aromatic N) is 3. The fraction of sp³-hybridized carbons (Fsp3) is 0.643. The van der Waals surface area contributed by atoms with Crippen molar-refractivity contribution in [2.75, 3.05) is 13.1 Å². The third-order valence-corrected chi connectivity index (χ3v) is 4.39. The van der Waals surface area contributed by atoms with Crippen LogP contribution in [0.1, 0.15) is 31.5 Å². The molecule has 1 spiro atoms. The van der Waals surface area contributed by atoms with Gasteiger partial charge in [0.25, 0.3) is 0 Å². The first-order valence-corrected chi connectivity index (χ1v) is 7.17. The van der Waals surface area contributed by atoms with Gasteiger partial charge in [0.05, 0.1) is 6.54 Å². The Morgan fingerprint density at radius 1 is 1.35 bits per heavy atom. The number of piperazine rings is 1. The zero-order valence-electron chi connectivity index (χ0n) is 11.8. The van der Waals surface area contributed by atoms with Gasteiger partial charge in [-0.1, -0.05) is 12.8 Å². The summed E-state index contributed by atoms with van der Waals surface area (Å²) >= 11 is 0. The van der Waals surface area contributed by atoms with Crippen LogP contribution in [0.25, 0.3) is 0 Å². The maximum Gasteiger partial charge on any atom is 0.248 e. The van der Waals surface area contributed by atoms with Crippen LogP contribution in [-0.2, 0) is 23.1 Å². The van der Waals surface area contributed by atoms with Gasteiger partial charge in [0, 0.05) is 32.4 Å². The van der Waals surface area contributed by atoms with Gasteiger partial charge >= 0.3 is 0 Å². The smallest absolute Gasteiger partial charge is 0.248 e. The average molecular weight is 276 g/mol. The molecule has 108 valence electrons. The third-order valence-electron chi connectivity index (χ3n) is 4.39. The van der Waals surface area contributed by atoms with Crippen molar-refractivity contribution in [3.8, 4) is 0 Å². The van der Waals surface area contributed by atoms with E-state index in [4.69, 9.17) is 0 Å². The summed E-state index contributed by atoms with van der Waals surface area (Å²) in [5, 5.41) is 2.93. The van der Waals surface area contributed by atoms with E-state index < -0.39 is 5.54 Å². The fourth-order valence-electron chi connectivity index (χ4n) is 3.28. The maximum absolute atomic E-state index is 12.6. The van der Waals surface area contributed by atoms with Crippen LogP contribution in [0.15, 0.2) is 12.4 Å². The van der Waals surface area contributed by atoms with Crippen LogP contribution < -0.4 is 5.32 Å². The highest BCUT2D eigenvalue weighted by Gasteiger charge is 2.47. The lowest BCUT2D eigenvalue weighted by Gasteiger charge is -2.39. The summed E-state index contributed by atoms with van der Waals surface area (Å²) in [6, 6.07) is 0. The summed E-state index contributed by atoms with van der Waals surface area (Å²) in [6.45, 7) is 0.726. The zero-order chi connectivity index (χ0) is 14.2. The van der Waals surface area contributed by atoms with Crippen LogP contribution in [0.4, 0.5) is 0 Å². The molecule has 20 heavy (non-hydrogen) atoms. The van der Waals surface area contributed by atoms with E-state index in [1.54, 1.807) is 11.1 Å². The monoisotopic (exact) mass is 276 g/mol. The van der Waals surface area contributed by atoms with Crippen molar-refractivity contribution in [1.29, 1.82) is 0 Å². The summed E-state index contributed by atoms with van der Waals surface area (Å²) in [5.74, 6) is 0.986. The topological polar surface area (TPSA) is 67.2 Å². The summed E-state index contributed by atoms with van der Waals surface area (Å²) < 4.78 is 1.94. The Balaban J connectivity index is 1.70. The minimum absolute atomic E-state index is 0.0358. The second-order valence-electron chi connectivity index (χ2n) is 5.77. The molecule has 2 heterocycles. The minimum atomic E-state index is -0.614. The zero-order valence-corrected chi connectivity index (χ0v) is 11.8. The van der Waals surface area contributed by atoms with E-state index in [1.807, 2.05) is 17.8 Å². The minimum Gasteiger partial charge on any atom is -0.340 e. The van der Waals surface area contributed by atoms with Crippen LogP contribution in [0, 0.1) is 0 Å². The Bertz CT molecular complexity index is 531. The van der Waals surface area contributed by atoms with Gasteiger partial charge in [0.15, 0.2) is 0 Å². The number of hydrogen-bond donors (Lipinski definition) is 1. The van der Waals surface area contributed by atoms with Crippen LogP contribution in [0.5, 0.6) is 0 Å². The van der Waals surface area contributed by atoms with Crippen molar-refractivity contribution in [2.45, 2.75) is 37.6 Å². The first-order valence-electron chi connectivity index (χ1n) is 7.17. The van der Waals surface area contributed by atoms with Crippen molar-refractivity contribution in [3.63, 3.8) is 0 Å². The van der Waals surface area contributed by atoms with Crippen LogP contribution in [-0.4, -0.2) is 44.9 Å². The summed E-state index contributed by atoms with van der Waals surface area (Å²) in [7, 11) is 1.94. The molecule has 6 nitrogen and oxygen atoms in total. The molecule has 1 aromatic rings. The molecule has 2 amide bonds. The lowest BCUT2D eigenvalue weighted by molar-refractivity contribution is -0.149. The first kappa shape index (κ1) is 13.1. The number of aryl methyl sites for hydroxylation is 1. The highest BCUT2D eigenvalue weighted by Crippen LogP contribution is 2.33. The molecule has 0 unspecified atom stereocenters. The number of carbonyl (C=O) groups excluding carboxylic acids is 2. The molecular weight excluding hydrogens is 256 g/mol. The molecular formula is C14H20N4O2. The van der Waals surface area contributed by atoms with Gasteiger partial charge in [-0.2, -0.15) is 0 Å². The SMILES string of the molecule is Cn1ccnc1CCN1CC(=O)NC2(CCCC2)C1=O. The maximum atomic E-state index is 12.6. The van der Waals surface area contributed by atoms with E-state index in [0.29, 0.717) is 13.0 Å². The Labute approximate surface area is 118 Å². The third kappa shape index (κ3) is 2.19. The molecule has 6 heteroatoms. The normalized spacial score (nSPS) is 21.6. The molecule has 1 aliphatic carbocycles. The van der Waals surface area contributed by atoms with Gasteiger partial charge in [-0.15, -0.1) is 0 Å². The number of nitrogens with one attached hydrogen (secondary N) is 1. The Morgan fingerprint density at radius 3 is 2.75 bits per heavy atom. The molecule has 0 bridgehead atoms. The van der Waals surface area contributed by atoms with Crippen LogP contribution in [0.3, 0.4) is 0 Å². The summed E-state index contributed by atoms with van der Waals surface area (Å²) in [4.78, 5) is 30.5. The number of aromatic nitrogens is 2. The van der Waals surface area contributed by atoms with Crippen molar-refractivity contribution in [1.82, 2.24) is 19.8 Å². The summed E-state index contributed by atoms with van der Waals surface area (Å²) in [5.41, 5.74) is -0.614. The van der Waals surface area contributed by atoms with E-state index in [-0.39, 0.29) is 18.4 Å². The Morgan fingerprint density at radius 2 is 2.10 bits per heavy atom. The van der Waals surface area contributed by atoms with Crippen molar-refractivity contribution in [3.05, 3.63) is 18.2 Å². The number of imidazole rings is 1. The quantitative estimate of drug-likeness (QED) is 0.859. The summed E-state index contributed by atoms with van der Waals surface area (Å²) in [6.07, 6.45) is 7.89. The molecule has 2 aliphatic rings. The van der Waals surface area contributed by atoms with E-state index in [9.17, 15) is 9.59 Å². The fourth-order valence-corrected chi connectivity index (χ4v) is 3.28. The predicted octanol–water partition coefficient (Wildman–Crippen LogP) is 0.234. The van der Waals surface area contributed by atoms with Gasteiger partial charge in [0.1, 0.15) is 11.4 Å². The molecule has 1 N–H and O–H groups in total. The molecule has 3 rings (SSSR count). The number of carbonyl (C=O) groups is 2. The molecule has 1 aromatic heterocycles. The van der Waals surface area contributed by atoms with Gasteiger partial charge < -0.3 is 14.8 Å².